The Morgan fingerprint density at radius 2 is 1.86 bits per heavy atom. The summed E-state index contributed by atoms with van der Waals surface area (Å²) in [5.74, 6) is 1.60. The maximum Gasteiger partial charge on any atom is 0.259 e. The largest absolute Gasteiger partial charge is 0.310 e. The van der Waals surface area contributed by atoms with Crippen molar-refractivity contribution in [1.29, 1.82) is 0 Å². The molecule has 0 saturated heterocycles. The summed E-state index contributed by atoms with van der Waals surface area (Å²) in [7, 11) is 0. The van der Waals surface area contributed by atoms with Gasteiger partial charge in [0.1, 0.15) is 16.5 Å². The zero-order chi connectivity index (χ0) is 15.9. The number of H-pyrrole nitrogens is 1. The van der Waals surface area contributed by atoms with E-state index < -0.39 is 0 Å². The number of hydrogen-bond acceptors (Lipinski definition) is 5. The molecule has 0 aliphatic heterocycles. The van der Waals surface area contributed by atoms with Gasteiger partial charge in [-0.1, -0.05) is 13.8 Å². The standard InChI is InChI=1S/C16H18N4OS/c1-8(2)11-7-22-16-14(11)15(21)19-13(20-16)6-12-17-9(3)5-10(4)18-12/h5,7-8H,6H2,1-4H3,(H,19,20,21). The molecule has 3 aromatic rings. The molecule has 3 aromatic heterocycles. The summed E-state index contributed by atoms with van der Waals surface area (Å²) >= 11 is 1.52. The van der Waals surface area contributed by atoms with Crippen LogP contribution in [0, 0.1) is 13.8 Å². The average Bonchev–Trinajstić information content (AvgIpc) is 2.81. The van der Waals surface area contributed by atoms with Crippen LogP contribution in [-0.2, 0) is 6.42 Å². The first-order valence-electron chi connectivity index (χ1n) is 7.25. The van der Waals surface area contributed by atoms with Gasteiger partial charge in [-0.15, -0.1) is 11.3 Å². The van der Waals surface area contributed by atoms with E-state index in [4.69, 9.17) is 0 Å². The zero-order valence-corrected chi connectivity index (χ0v) is 13.9. The van der Waals surface area contributed by atoms with Gasteiger partial charge in [0.25, 0.3) is 5.56 Å². The topological polar surface area (TPSA) is 71.5 Å². The molecule has 3 rings (SSSR count). The number of fused-ring (bicyclic) bond motifs is 1. The van der Waals surface area contributed by atoms with Gasteiger partial charge in [-0.05, 0) is 36.8 Å². The lowest BCUT2D eigenvalue weighted by molar-refractivity contribution is 0.859. The van der Waals surface area contributed by atoms with Gasteiger partial charge in [-0.3, -0.25) is 4.79 Å². The highest BCUT2D eigenvalue weighted by Gasteiger charge is 2.14. The van der Waals surface area contributed by atoms with Crippen molar-refractivity contribution < 1.29 is 0 Å². The van der Waals surface area contributed by atoms with Gasteiger partial charge in [-0.2, -0.15) is 0 Å². The number of nitrogens with zero attached hydrogens (tertiary/aromatic N) is 3. The first kappa shape index (κ1) is 14.8. The van der Waals surface area contributed by atoms with Crippen molar-refractivity contribution in [1.82, 2.24) is 19.9 Å². The van der Waals surface area contributed by atoms with Crippen molar-refractivity contribution in [3.05, 3.63) is 50.4 Å². The number of thiophene rings is 1. The highest BCUT2D eigenvalue weighted by molar-refractivity contribution is 7.16. The Morgan fingerprint density at radius 1 is 1.18 bits per heavy atom. The van der Waals surface area contributed by atoms with Crippen molar-refractivity contribution in [3.63, 3.8) is 0 Å². The van der Waals surface area contributed by atoms with E-state index in [0.29, 0.717) is 29.4 Å². The van der Waals surface area contributed by atoms with Crippen LogP contribution in [0.2, 0.25) is 0 Å². The lowest BCUT2D eigenvalue weighted by Gasteiger charge is -2.04. The highest BCUT2D eigenvalue weighted by Crippen LogP contribution is 2.27. The molecule has 0 bridgehead atoms. The van der Waals surface area contributed by atoms with Crippen LogP contribution < -0.4 is 5.56 Å². The Morgan fingerprint density at radius 3 is 2.50 bits per heavy atom. The summed E-state index contributed by atoms with van der Waals surface area (Å²) in [5.41, 5.74) is 2.82. The third kappa shape index (κ3) is 2.78. The third-order valence-corrected chi connectivity index (χ3v) is 4.39. The van der Waals surface area contributed by atoms with Crippen LogP contribution in [0.3, 0.4) is 0 Å². The van der Waals surface area contributed by atoms with Crippen molar-refractivity contribution in [2.75, 3.05) is 0 Å². The van der Waals surface area contributed by atoms with Crippen LogP contribution in [0.5, 0.6) is 0 Å². The molecule has 3 heterocycles. The smallest absolute Gasteiger partial charge is 0.259 e. The second-order valence-electron chi connectivity index (χ2n) is 5.78. The molecule has 5 nitrogen and oxygen atoms in total. The lowest BCUT2D eigenvalue weighted by atomic mass is 10.0. The van der Waals surface area contributed by atoms with Crippen molar-refractivity contribution in [2.45, 2.75) is 40.0 Å². The molecule has 0 aromatic carbocycles. The van der Waals surface area contributed by atoms with E-state index in [1.807, 2.05) is 25.3 Å². The predicted octanol–water partition coefficient (Wildman–Crippen LogP) is 3.11. The molecule has 0 amide bonds. The van der Waals surface area contributed by atoms with Gasteiger partial charge in [-0.25, -0.2) is 15.0 Å². The summed E-state index contributed by atoms with van der Waals surface area (Å²) < 4.78 is 0. The van der Waals surface area contributed by atoms with E-state index in [9.17, 15) is 4.79 Å². The van der Waals surface area contributed by atoms with Gasteiger partial charge in [0, 0.05) is 11.4 Å². The van der Waals surface area contributed by atoms with Crippen LogP contribution in [-0.4, -0.2) is 19.9 Å². The monoisotopic (exact) mass is 314 g/mol. The van der Waals surface area contributed by atoms with E-state index in [-0.39, 0.29) is 5.56 Å². The number of aryl methyl sites for hydroxylation is 2. The number of aromatic amines is 1. The molecule has 6 heteroatoms. The molecule has 22 heavy (non-hydrogen) atoms. The van der Waals surface area contributed by atoms with Gasteiger partial charge in [0.2, 0.25) is 0 Å². The van der Waals surface area contributed by atoms with E-state index in [1.54, 1.807) is 0 Å². The molecule has 0 fully saturated rings. The second-order valence-corrected chi connectivity index (χ2v) is 6.64. The maximum atomic E-state index is 12.4. The molecule has 0 radical (unpaired) electrons. The SMILES string of the molecule is Cc1cc(C)nc(Cc2nc3scc(C(C)C)c3c(=O)[nH]2)n1. The molecule has 0 aliphatic rings. The second kappa shape index (κ2) is 5.61. The molecule has 0 aliphatic carbocycles. The van der Waals surface area contributed by atoms with Crippen LogP contribution in [0.15, 0.2) is 16.2 Å². The summed E-state index contributed by atoms with van der Waals surface area (Å²) in [5, 5.41) is 2.74. The van der Waals surface area contributed by atoms with E-state index in [2.05, 4.69) is 33.8 Å². The fourth-order valence-electron chi connectivity index (χ4n) is 2.55. The quantitative estimate of drug-likeness (QED) is 0.806. The summed E-state index contributed by atoms with van der Waals surface area (Å²) in [6.45, 7) is 8.04. The van der Waals surface area contributed by atoms with Crippen molar-refractivity contribution in [3.8, 4) is 0 Å². The van der Waals surface area contributed by atoms with Crippen LogP contribution in [0.1, 0.15) is 48.4 Å². The Labute approximate surface area is 132 Å². The van der Waals surface area contributed by atoms with Crippen LogP contribution >= 0.6 is 11.3 Å². The maximum absolute atomic E-state index is 12.4. The zero-order valence-electron chi connectivity index (χ0n) is 13.1. The van der Waals surface area contributed by atoms with Gasteiger partial charge < -0.3 is 4.98 Å². The van der Waals surface area contributed by atoms with E-state index >= 15 is 0 Å². The Hall–Kier alpha value is -2.08. The van der Waals surface area contributed by atoms with E-state index in [0.717, 1.165) is 21.8 Å². The van der Waals surface area contributed by atoms with Crippen LogP contribution in [0.4, 0.5) is 0 Å². The lowest BCUT2D eigenvalue weighted by Crippen LogP contribution is -2.13. The van der Waals surface area contributed by atoms with Gasteiger partial charge in [0.15, 0.2) is 0 Å². The minimum atomic E-state index is -0.0747. The molecule has 0 atom stereocenters. The molecule has 114 valence electrons. The molecule has 0 saturated carbocycles. The molecular formula is C16H18N4OS. The van der Waals surface area contributed by atoms with Crippen LogP contribution in [0.25, 0.3) is 10.2 Å². The Balaban J connectivity index is 2.04. The molecule has 0 unspecified atom stereocenters. The van der Waals surface area contributed by atoms with Crippen molar-refractivity contribution >= 4 is 21.6 Å². The number of rotatable bonds is 3. The fourth-order valence-corrected chi connectivity index (χ4v) is 3.67. The average molecular weight is 314 g/mol. The first-order chi connectivity index (χ1) is 10.4. The number of nitrogens with one attached hydrogen (secondary N) is 1. The summed E-state index contributed by atoms with van der Waals surface area (Å²) in [4.78, 5) is 29.4. The Kier molecular flexibility index (Phi) is 3.78. The molecule has 1 N–H and O–H groups in total. The fraction of sp³-hybridized carbons (Fsp3) is 0.375. The third-order valence-electron chi connectivity index (χ3n) is 3.50. The normalized spacial score (nSPS) is 11.5. The number of aromatic nitrogens is 4. The van der Waals surface area contributed by atoms with Gasteiger partial charge >= 0.3 is 0 Å². The molecule has 0 spiro atoms. The van der Waals surface area contributed by atoms with Gasteiger partial charge in [0.05, 0.1) is 11.8 Å². The van der Waals surface area contributed by atoms with Crippen molar-refractivity contribution in [2.24, 2.45) is 0 Å². The van der Waals surface area contributed by atoms with E-state index in [1.165, 1.54) is 11.3 Å². The molecular weight excluding hydrogens is 296 g/mol. The number of hydrogen-bond donors (Lipinski definition) is 1. The minimum Gasteiger partial charge on any atom is -0.310 e. The highest BCUT2D eigenvalue weighted by atomic mass is 32.1. The summed E-state index contributed by atoms with van der Waals surface area (Å²) in [6, 6.07) is 1.93. The predicted molar refractivity (Wildman–Crippen MR) is 88.6 cm³/mol. The minimum absolute atomic E-state index is 0.0747. The first-order valence-corrected chi connectivity index (χ1v) is 8.13. The summed E-state index contributed by atoms with van der Waals surface area (Å²) in [6.07, 6.45) is 0.433. The Bertz CT molecular complexity index is 875.